The van der Waals surface area contributed by atoms with E-state index in [2.05, 4.69) is 10.1 Å². The minimum absolute atomic E-state index is 0.0234. The van der Waals surface area contributed by atoms with Gasteiger partial charge in [0.2, 0.25) is 5.91 Å². The molecule has 3 unspecified atom stereocenters. The second kappa shape index (κ2) is 8.47. The summed E-state index contributed by atoms with van der Waals surface area (Å²) in [6.45, 7) is 3.70. The summed E-state index contributed by atoms with van der Waals surface area (Å²) in [5.41, 5.74) is 5.57. The van der Waals surface area contributed by atoms with Crippen molar-refractivity contribution in [3.63, 3.8) is 0 Å². The molecule has 7 nitrogen and oxygen atoms in total. The molecule has 0 rings (SSSR count). The topological polar surface area (TPSA) is 119 Å². The Balaban J connectivity index is 4.53. The Hall–Kier alpha value is -1.63. The van der Waals surface area contributed by atoms with Crippen molar-refractivity contribution in [2.24, 2.45) is 11.7 Å². The predicted octanol–water partition coefficient (Wildman–Crippen LogP) is -0.118. The summed E-state index contributed by atoms with van der Waals surface area (Å²) < 4.78 is 4.63. The molecule has 0 aliphatic heterocycles. The molecule has 0 aliphatic carbocycles. The Morgan fingerprint density at radius 2 is 1.95 bits per heavy atom. The standard InChI is InChI=1S/C12H22N2O5/c1-4-7(2)10(12(18)19-3)14-11(17)8(13)5-6-9(15)16/h7-8,10H,4-6,13H2,1-3H3,(H,14,17)(H,15,16). The Morgan fingerprint density at radius 3 is 2.37 bits per heavy atom. The maximum absolute atomic E-state index is 11.8. The van der Waals surface area contributed by atoms with Crippen molar-refractivity contribution in [1.82, 2.24) is 5.32 Å². The van der Waals surface area contributed by atoms with Gasteiger partial charge < -0.3 is 20.9 Å². The number of aliphatic carboxylic acids is 1. The van der Waals surface area contributed by atoms with Crippen LogP contribution in [0.4, 0.5) is 0 Å². The summed E-state index contributed by atoms with van der Waals surface area (Å²) in [4.78, 5) is 33.7. The van der Waals surface area contributed by atoms with Crippen molar-refractivity contribution in [1.29, 1.82) is 0 Å². The average Bonchev–Trinajstić information content (AvgIpc) is 2.39. The van der Waals surface area contributed by atoms with Crippen LogP contribution >= 0.6 is 0 Å². The summed E-state index contributed by atoms with van der Waals surface area (Å²) in [6.07, 6.45) is 0.515. The van der Waals surface area contributed by atoms with Crippen molar-refractivity contribution in [3.8, 4) is 0 Å². The normalized spacial score (nSPS) is 15.2. The molecular formula is C12H22N2O5. The molecule has 110 valence electrons. The van der Waals surface area contributed by atoms with Gasteiger partial charge >= 0.3 is 11.9 Å². The summed E-state index contributed by atoms with van der Waals surface area (Å²) in [6, 6.07) is -1.72. The van der Waals surface area contributed by atoms with Crippen molar-refractivity contribution >= 4 is 17.8 Å². The molecule has 0 aliphatic rings. The Bertz CT molecular complexity index is 332. The number of hydrogen-bond donors (Lipinski definition) is 3. The molecule has 0 bridgehead atoms. The van der Waals surface area contributed by atoms with Gasteiger partial charge in [0.25, 0.3) is 0 Å². The maximum Gasteiger partial charge on any atom is 0.328 e. The number of amides is 1. The largest absolute Gasteiger partial charge is 0.481 e. The first-order valence-corrected chi connectivity index (χ1v) is 6.19. The highest BCUT2D eigenvalue weighted by molar-refractivity contribution is 5.87. The number of hydrogen-bond acceptors (Lipinski definition) is 5. The van der Waals surface area contributed by atoms with Crippen LogP contribution in [0.3, 0.4) is 0 Å². The number of nitrogens with one attached hydrogen (secondary N) is 1. The van der Waals surface area contributed by atoms with E-state index in [1.54, 1.807) is 0 Å². The van der Waals surface area contributed by atoms with Crippen LogP contribution in [0.25, 0.3) is 0 Å². The van der Waals surface area contributed by atoms with Gasteiger partial charge in [0.05, 0.1) is 13.2 Å². The van der Waals surface area contributed by atoms with Gasteiger partial charge in [0.15, 0.2) is 0 Å². The molecular weight excluding hydrogens is 252 g/mol. The number of nitrogens with two attached hydrogens (primary N) is 1. The van der Waals surface area contributed by atoms with Gasteiger partial charge in [-0.15, -0.1) is 0 Å². The van der Waals surface area contributed by atoms with Crippen LogP contribution in [0, 0.1) is 5.92 Å². The van der Waals surface area contributed by atoms with E-state index in [0.29, 0.717) is 6.42 Å². The number of methoxy groups -OCH3 is 1. The number of carboxylic acids is 1. The van der Waals surface area contributed by atoms with E-state index in [1.165, 1.54) is 7.11 Å². The third-order valence-electron chi connectivity index (χ3n) is 2.97. The molecule has 0 aromatic rings. The van der Waals surface area contributed by atoms with Gasteiger partial charge in [-0.2, -0.15) is 0 Å². The quantitative estimate of drug-likeness (QED) is 0.531. The van der Waals surface area contributed by atoms with E-state index < -0.39 is 29.9 Å². The molecule has 0 spiro atoms. The predicted molar refractivity (Wildman–Crippen MR) is 68.2 cm³/mol. The monoisotopic (exact) mass is 274 g/mol. The number of esters is 1. The molecule has 0 aromatic heterocycles. The molecule has 0 fully saturated rings. The van der Waals surface area contributed by atoms with Gasteiger partial charge in [0, 0.05) is 6.42 Å². The summed E-state index contributed by atoms with van der Waals surface area (Å²) in [5, 5.41) is 11.0. The van der Waals surface area contributed by atoms with Crippen LogP contribution in [0.1, 0.15) is 33.1 Å². The van der Waals surface area contributed by atoms with E-state index in [-0.39, 0.29) is 18.8 Å². The highest BCUT2D eigenvalue weighted by atomic mass is 16.5. The molecule has 0 saturated heterocycles. The Kier molecular flexibility index (Phi) is 7.74. The van der Waals surface area contributed by atoms with Gasteiger partial charge in [-0.1, -0.05) is 20.3 Å². The van der Waals surface area contributed by atoms with E-state index in [9.17, 15) is 14.4 Å². The smallest absolute Gasteiger partial charge is 0.328 e. The van der Waals surface area contributed by atoms with Gasteiger partial charge in [0.1, 0.15) is 6.04 Å². The number of carbonyl (C=O) groups is 3. The zero-order valence-electron chi connectivity index (χ0n) is 11.5. The molecule has 0 radical (unpaired) electrons. The molecule has 0 heterocycles. The minimum Gasteiger partial charge on any atom is -0.481 e. The lowest BCUT2D eigenvalue weighted by Crippen LogP contribution is -2.51. The highest BCUT2D eigenvalue weighted by Crippen LogP contribution is 2.09. The Morgan fingerprint density at radius 1 is 1.37 bits per heavy atom. The van der Waals surface area contributed by atoms with E-state index in [4.69, 9.17) is 10.8 Å². The second-order valence-electron chi connectivity index (χ2n) is 4.43. The van der Waals surface area contributed by atoms with Gasteiger partial charge in [-0.05, 0) is 12.3 Å². The van der Waals surface area contributed by atoms with Crippen LogP contribution < -0.4 is 11.1 Å². The van der Waals surface area contributed by atoms with Crippen molar-refractivity contribution in [2.45, 2.75) is 45.2 Å². The first-order valence-electron chi connectivity index (χ1n) is 6.19. The van der Waals surface area contributed by atoms with E-state index >= 15 is 0 Å². The van der Waals surface area contributed by atoms with Gasteiger partial charge in [-0.25, -0.2) is 4.79 Å². The average molecular weight is 274 g/mol. The first kappa shape index (κ1) is 17.4. The lowest BCUT2D eigenvalue weighted by Gasteiger charge is -2.23. The summed E-state index contributed by atoms with van der Waals surface area (Å²) in [7, 11) is 1.24. The maximum atomic E-state index is 11.8. The lowest BCUT2D eigenvalue weighted by atomic mass is 9.98. The zero-order chi connectivity index (χ0) is 15.0. The van der Waals surface area contributed by atoms with E-state index in [0.717, 1.165) is 0 Å². The zero-order valence-corrected chi connectivity index (χ0v) is 11.5. The summed E-state index contributed by atoms with van der Waals surface area (Å²) >= 11 is 0. The van der Waals surface area contributed by atoms with Crippen molar-refractivity contribution in [2.75, 3.05) is 7.11 Å². The van der Waals surface area contributed by atoms with Crippen LogP contribution in [0.2, 0.25) is 0 Å². The van der Waals surface area contributed by atoms with Crippen LogP contribution in [-0.2, 0) is 19.1 Å². The highest BCUT2D eigenvalue weighted by Gasteiger charge is 2.28. The fourth-order valence-corrected chi connectivity index (χ4v) is 1.47. The third kappa shape index (κ3) is 6.19. The number of carbonyl (C=O) groups excluding carboxylic acids is 2. The van der Waals surface area contributed by atoms with Crippen molar-refractivity contribution in [3.05, 3.63) is 0 Å². The molecule has 0 aromatic carbocycles. The SMILES string of the molecule is CCC(C)C(NC(=O)C(N)CCC(=O)O)C(=O)OC. The van der Waals surface area contributed by atoms with Gasteiger partial charge in [-0.3, -0.25) is 9.59 Å². The second-order valence-corrected chi connectivity index (χ2v) is 4.43. The molecule has 0 saturated carbocycles. The minimum atomic E-state index is -1.02. The lowest BCUT2D eigenvalue weighted by molar-refractivity contribution is -0.147. The molecule has 3 atom stereocenters. The number of rotatable bonds is 8. The van der Waals surface area contributed by atoms with Crippen LogP contribution in [0.5, 0.6) is 0 Å². The number of ether oxygens (including phenoxy) is 1. The van der Waals surface area contributed by atoms with Crippen LogP contribution in [-0.4, -0.2) is 42.1 Å². The Labute approximate surface area is 112 Å². The molecule has 1 amide bonds. The fourth-order valence-electron chi connectivity index (χ4n) is 1.47. The fraction of sp³-hybridized carbons (Fsp3) is 0.750. The number of carboxylic acid groups (broad SMARTS) is 1. The first-order chi connectivity index (χ1) is 8.83. The third-order valence-corrected chi connectivity index (χ3v) is 2.97. The van der Waals surface area contributed by atoms with E-state index in [1.807, 2.05) is 13.8 Å². The molecule has 7 heteroatoms. The van der Waals surface area contributed by atoms with Crippen molar-refractivity contribution < 1.29 is 24.2 Å². The molecule has 19 heavy (non-hydrogen) atoms. The molecule has 4 N–H and O–H groups in total. The van der Waals surface area contributed by atoms with Crippen LogP contribution in [0.15, 0.2) is 0 Å². The summed E-state index contributed by atoms with van der Waals surface area (Å²) in [5.74, 6) is -2.19.